The molecule has 0 radical (unpaired) electrons. The molecule has 11 heteroatoms. The molecule has 9 nitrogen and oxygen atoms in total. The van der Waals surface area contributed by atoms with Crippen molar-refractivity contribution in [3.05, 3.63) is 35.8 Å². The van der Waals surface area contributed by atoms with Crippen LogP contribution in [0.15, 0.2) is 29.4 Å². The Morgan fingerprint density at radius 3 is 2.63 bits per heavy atom. The van der Waals surface area contributed by atoms with Crippen LogP contribution in [0.4, 0.5) is 14.9 Å². The summed E-state index contributed by atoms with van der Waals surface area (Å²) in [6.07, 6.45) is 0.366. The van der Waals surface area contributed by atoms with E-state index in [1.807, 2.05) is 16.8 Å². The topological polar surface area (TPSA) is 103 Å². The average molecular weight is 438 g/mol. The zero-order chi connectivity index (χ0) is 21.5. The number of rotatable bonds is 3. The summed E-state index contributed by atoms with van der Waals surface area (Å²) in [6, 6.07) is 4.50. The van der Waals surface area contributed by atoms with Crippen LogP contribution in [0.1, 0.15) is 5.56 Å². The zero-order valence-electron chi connectivity index (χ0n) is 16.5. The molecular formula is C19H23FN4O5S. The average Bonchev–Trinajstić information content (AvgIpc) is 3.09. The van der Waals surface area contributed by atoms with Gasteiger partial charge in [0.25, 0.3) is 0 Å². The number of carbonyl (C=O) groups is 1. The Bertz CT molecular complexity index is 1010. The van der Waals surface area contributed by atoms with E-state index in [1.165, 1.54) is 11.0 Å². The van der Waals surface area contributed by atoms with Crippen molar-refractivity contribution in [1.82, 2.24) is 9.80 Å². The van der Waals surface area contributed by atoms with Gasteiger partial charge in [-0.25, -0.2) is 22.6 Å². The Kier molecular flexibility index (Phi) is 5.41. The lowest BCUT2D eigenvalue weighted by atomic mass is 10.0. The second kappa shape index (κ2) is 7.88. The van der Waals surface area contributed by atoms with Gasteiger partial charge in [0, 0.05) is 44.0 Å². The summed E-state index contributed by atoms with van der Waals surface area (Å²) >= 11 is 0. The first-order chi connectivity index (χ1) is 14.3. The van der Waals surface area contributed by atoms with Crippen molar-refractivity contribution >= 4 is 33.2 Å². The largest absolute Gasteiger partial charge is 0.441 e. The first-order valence-corrected chi connectivity index (χ1v) is 11.4. The fourth-order valence-electron chi connectivity index (χ4n) is 3.75. The van der Waals surface area contributed by atoms with Gasteiger partial charge >= 0.3 is 6.09 Å². The van der Waals surface area contributed by atoms with E-state index in [1.54, 1.807) is 18.3 Å². The van der Waals surface area contributed by atoms with Crippen LogP contribution < -0.4 is 4.90 Å². The summed E-state index contributed by atoms with van der Waals surface area (Å²) < 4.78 is 43.1. The van der Waals surface area contributed by atoms with Crippen molar-refractivity contribution in [2.24, 2.45) is 4.99 Å². The van der Waals surface area contributed by atoms with E-state index in [4.69, 9.17) is 9.84 Å². The number of aliphatic imine (C=N–C) groups is 1. The van der Waals surface area contributed by atoms with Gasteiger partial charge < -0.3 is 19.6 Å². The molecule has 30 heavy (non-hydrogen) atoms. The molecule has 162 valence electrons. The number of benzene rings is 1. The predicted molar refractivity (Wildman–Crippen MR) is 109 cm³/mol. The number of aliphatic hydroxyl groups is 1. The zero-order valence-corrected chi connectivity index (χ0v) is 17.3. The molecular weight excluding hydrogens is 415 g/mol. The van der Waals surface area contributed by atoms with Gasteiger partial charge in [0.1, 0.15) is 11.9 Å². The number of anilines is 1. The number of hydrogen-bond acceptors (Lipinski definition) is 8. The fraction of sp³-hybridized carbons (Fsp3) is 0.474. The molecule has 1 aromatic carbocycles. The monoisotopic (exact) mass is 438 g/mol. The number of aliphatic hydroxyl groups excluding tert-OH is 1. The number of guanidine groups is 1. The molecule has 4 rings (SSSR count). The van der Waals surface area contributed by atoms with Crippen molar-refractivity contribution in [2.45, 2.75) is 6.10 Å². The Morgan fingerprint density at radius 2 is 2.03 bits per heavy atom. The van der Waals surface area contributed by atoms with E-state index >= 15 is 0 Å². The molecule has 1 N–H and O–H groups in total. The van der Waals surface area contributed by atoms with Crippen LogP contribution >= 0.6 is 0 Å². The van der Waals surface area contributed by atoms with Crippen LogP contribution in [0.3, 0.4) is 0 Å². The predicted octanol–water partition coefficient (Wildman–Crippen LogP) is 0.516. The number of cyclic esters (lactones) is 1. The highest BCUT2D eigenvalue weighted by Gasteiger charge is 2.32. The highest BCUT2D eigenvalue weighted by molar-refractivity contribution is 7.91. The maximum Gasteiger partial charge on any atom is 0.414 e. The number of ether oxygens (including phenoxy) is 1. The minimum atomic E-state index is -2.98. The Hall–Kier alpha value is -2.66. The summed E-state index contributed by atoms with van der Waals surface area (Å²) in [5, 5.41) is 9.15. The Morgan fingerprint density at radius 1 is 1.30 bits per heavy atom. The van der Waals surface area contributed by atoms with Crippen LogP contribution in [-0.2, 0) is 14.6 Å². The van der Waals surface area contributed by atoms with Gasteiger partial charge in [-0.05, 0) is 18.2 Å². The second-order valence-corrected chi connectivity index (χ2v) is 9.85. The molecule has 2 fully saturated rings. The number of carbonyl (C=O) groups excluding carboxylic acids is 1. The van der Waals surface area contributed by atoms with Gasteiger partial charge in [0.15, 0.2) is 9.84 Å². The lowest BCUT2D eigenvalue weighted by Crippen LogP contribution is -2.50. The molecule has 0 bridgehead atoms. The second-order valence-electron chi connectivity index (χ2n) is 7.54. The molecule has 3 aliphatic rings. The number of sulfone groups is 1. The molecule has 1 aromatic rings. The molecule has 1 amide bonds. The van der Waals surface area contributed by atoms with Crippen LogP contribution in [0.2, 0.25) is 0 Å². The lowest BCUT2D eigenvalue weighted by molar-refractivity contribution is 0.0963. The van der Waals surface area contributed by atoms with E-state index in [2.05, 4.69) is 4.99 Å². The maximum absolute atomic E-state index is 14.8. The number of hydrogen-bond donors (Lipinski definition) is 1. The van der Waals surface area contributed by atoms with Crippen LogP contribution in [0.25, 0.3) is 5.57 Å². The van der Waals surface area contributed by atoms with E-state index in [0.717, 1.165) is 0 Å². The van der Waals surface area contributed by atoms with Crippen molar-refractivity contribution in [3.63, 3.8) is 0 Å². The third-order valence-corrected chi connectivity index (χ3v) is 7.01. The fourth-order valence-corrected chi connectivity index (χ4v) is 4.95. The van der Waals surface area contributed by atoms with Crippen molar-refractivity contribution in [1.29, 1.82) is 0 Å². The van der Waals surface area contributed by atoms with Gasteiger partial charge in [-0.3, -0.25) is 4.90 Å². The van der Waals surface area contributed by atoms with Crippen molar-refractivity contribution < 1.29 is 27.4 Å². The third kappa shape index (κ3) is 3.99. The van der Waals surface area contributed by atoms with Gasteiger partial charge in [-0.1, -0.05) is 0 Å². The summed E-state index contributed by atoms with van der Waals surface area (Å²) in [5.41, 5.74) is 1.41. The summed E-state index contributed by atoms with van der Waals surface area (Å²) in [6.45, 7) is 1.07. The van der Waals surface area contributed by atoms with Gasteiger partial charge in [0.05, 0.1) is 30.3 Å². The number of nitrogens with zero attached hydrogens (tertiary/aromatic N) is 4. The first-order valence-electron chi connectivity index (χ1n) is 9.59. The van der Waals surface area contributed by atoms with E-state index < -0.39 is 27.9 Å². The molecule has 0 unspecified atom stereocenters. The van der Waals surface area contributed by atoms with Gasteiger partial charge in [-0.15, -0.1) is 0 Å². The van der Waals surface area contributed by atoms with Gasteiger partial charge in [-0.2, -0.15) is 0 Å². The highest BCUT2D eigenvalue weighted by atomic mass is 32.2. The Labute approximate surface area is 174 Å². The van der Waals surface area contributed by atoms with Crippen LogP contribution in [0.5, 0.6) is 0 Å². The number of amides is 1. The molecule has 0 spiro atoms. The van der Waals surface area contributed by atoms with Crippen LogP contribution in [-0.4, -0.2) is 92.8 Å². The molecule has 0 aliphatic carbocycles. The summed E-state index contributed by atoms with van der Waals surface area (Å²) in [4.78, 5) is 21.4. The molecule has 3 heterocycles. The molecule has 0 aromatic heterocycles. The third-order valence-electron chi connectivity index (χ3n) is 5.40. The summed E-state index contributed by atoms with van der Waals surface area (Å²) in [7, 11) is -1.15. The number of halogens is 1. The lowest BCUT2D eigenvalue weighted by Gasteiger charge is -2.36. The normalized spacial score (nSPS) is 23.9. The minimum absolute atomic E-state index is 0.0998. The smallest absolute Gasteiger partial charge is 0.414 e. The minimum Gasteiger partial charge on any atom is -0.441 e. The SMILES string of the molecule is CN1CC(c2ccc(N3C[C@H](CO)OC3=O)cc2F)=CN=C1N1CCS(=O)(=O)CC1. The number of likely N-dealkylation sites (N-methyl/N-ethyl adjacent to an activating group) is 1. The highest BCUT2D eigenvalue weighted by Crippen LogP contribution is 2.28. The van der Waals surface area contributed by atoms with E-state index in [9.17, 15) is 17.6 Å². The quantitative estimate of drug-likeness (QED) is 0.734. The van der Waals surface area contributed by atoms with Gasteiger partial charge in [0.2, 0.25) is 5.96 Å². The van der Waals surface area contributed by atoms with Crippen molar-refractivity contribution in [3.8, 4) is 0 Å². The molecule has 1 atom stereocenters. The first kappa shape index (κ1) is 20.6. The molecule has 3 aliphatic heterocycles. The van der Waals surface area contributed by atoms with Crippen LogP contribution in [0, 0.1) is 5.82 Å². The maximum atomic E-state index is 14.8. The molecule has 0 saturated carbocycles. The standard InChI is InChI=1S/C19H23FN4O5S/c1-22-10-13(9-21-18(22)23-4-6-30(27,28)7-5-23)16-3-2-14(8-17(16)20)24-11-15(12-25)29-19(24)26/h2-3,8-9,15,25H,4-7,10-12H2,1H3/t15-/m1/s1. The molecule has 2 saturated heterocycles. The summed E-state index contributed by atoms with van der Waals surface area (Å²) in [5.74, 6) is 0.376. The van der Waals surface area contributed by atoms with E-state index in [0.29, 0.717) is 42.4 Å². The van der Waals surface area contributed by atoms with Crippen molar-refractivity contribution in [2.75, 3.05) is 56.2 Å². The van der Waals surface area contributed by atoms with E-state index in [-0.39, 0.29) is 24.7 Å². The Balaban J connectivity index is 1.52.